The molecule has 0 bridgehead atoms. The van der Waals surface area contributed by atoms with Crippen LogP contribution < -0.4 is 5.32 Å². The third-order valence-corrected chi connectivity index (χ3v) is 11.9. The smallest absolute Gasteiger partial charge is 0.323 e. The van der Waals surface area contributed by atoms with Gasteiger partial charge in [-0.3, -0.25) is 10.1 Å². The molecular weight excluding hydrogens is 549 g/mol. The predicted molar refractivity (Wildman–Crippen MR) is 168 cm³/mol. The number of carbonyl (C=O) groups excluding carboxylic acids is 1. The van der Waals surface area contributed by atoms with E-state index in [1.54, 1.807) is 4.31 Å². The summed E-state index contributed by atoms with van der Waals surface area (Å²) in [6.45, 7) is 12.6. The molecule has 3 aromatic rings. The van der Waals surface area contributed by atoms with E-state index in [4.69, 9.17) is 4.74 Å². The Balaban J connectivity index is 1.54. The van der Waals surface area contributed by atoms with E-state index in [-0.39, 0.29) is 17.8 Å². The van der Waals surface area contributed by atoms with Crippen molar-refractivity contribution in [2.75, 3.05) is 12.3 Å². The van der Waals surface area contributed by atoms with Crippen molar-refractivity contribution in [1.29, 1.82) is 0 Å². The Kier molecular flexibility index (Phi) is 7.83. The molecule has 1 fully saturated rings. The molecule has 0 saturated carbocycles. The summed E-state index contributed by atoms with van der Waals surface area (Å²) in [5.74, 6) is -0.209. The van der Waals surface area contributed by atoms with Crippen LogP contribution in [0.25, 0.3) is 11.1 Å². The Labute approximate surface area is 246 Å². The molecule has 1 N–H and O–H groups in total. The number of ether oxygens (including phenoxy) is 1. The number of benzene rings is 3. The first-order chi connectivity index (χ1) is 19.2. The average Bonchev–Trinajstić information content (AvgIpc) is 3.64. The summed E-state index contributed by atoms with van der Waals surface area (Å²) in [7, 11) is -4.90. The first kappa shape index (κ1) is 29.7. The Morgan fingerprint density at radius 1 is 0.951 bits per heavy atom. The van der Waals surface area contributed by atoms with Crippen LogP contribution in [0.5, 0.6) is 0 Å². The zero-order valence-electron chi connectivity index (χ0n) is 25.0. The molecule has 41 heavy (non-hydrogen) atoms. The number of fused-ring (bicyclic) bond motifs is 3. The van der Waals surface area contributed by atoms with Crippen molar-refractivity contribution in [2.24, 2.45) is 0 Å². The minimum absolute atomic E-state index is 0.165. The lowest BCUT2D eigenvalue weighted by Crippen LogP contribution is -2.53. The largest absolute Gasteiger partial charge is 0.459 e. The highest BCUT2D eigenvalue weighted by atomic mass is 32.2. The summed E-state index contributed by atoms with van der Waals surface area (Å²) in [6, 6.07) is 26.5. The molecule has 1 unspecified atom stereocenters. The second-order valence-corrected chi connectivity index (χ2v) is 21.2. The van der Waals surface area contributed by atoms with E-state index in [9.17, 15) is 13.2 Å². The quantitative estimate of drug-likeness (QED) is 0.178. The molecular formula is C33H42N2O4SSi. The number of nitrogens with zero attached hydrogens (tertiary/aromatic N) is 1. The summed E-state index contributed by atoms with van der Waals surface area (Å²) in [5, 5.41) is 3.79. The fraction of sp³-hybridized carbons (Fsp3) is 0.424. The lowest BCUT2D eigenvalue weighted by atomic mass is 9.79. The molecule has 5 rings (SSSR count). The van der Waals surface area contributed by atoms with Crippen LogP contribution in [0, 0.1) is 0 Å². The summed E-state index contributed by atoms with van der Waals surface area (Å²) in [4.78, 5) is 13.9. The monoisotopic (exact) mass is 590 g/mol. The van der Waals surface area contributed by atoms with Gasteiger partial charge >= 0.3 is 5.97 Å². The first-order valence-corrected chi connectivity index (χ1v) is 19.8. The predicted octanol–water partition coefficient (Wildman–Crippen LogP) is 6.00. The van der Waals surface area contributed by atoms with Gasteiger partial charge in [-0.15, -0.1) is 0 Å². The van der Waals surface area contributed by atoms with E-state index >= 15 is 0 Å². The van der Waals surface area contributed by atoms with E-state index in [1.165, 1.54) is 0 Å². The summed E-state index contributed by atoms with van der Waals surface area (Å²) in [5.41, 5.74) is 3.88. The molecule has 6 nitrogen and oxygen atoms in total. The van der Waals surface area contributed by atoms with Gasteiger partial charge in [0.2, 0.25) is 10.0 Å². The minimum Gasteiger partial charge on any atom is -0.459 e. The SMILES string of the molecule is CC(C)(C)OC(=O)[C@H](C[C@H]1CN1S(=O)(=O)CC[Si](C)(C)C)NC1(c2ccccc2)c2ccccc2-c2ccccc21. The number of hydrogen-bond acceptors (Lipinski definition) is 5. The van der Waals surface area contributed by atoms with Gasteiger partial charge in [-0.1, -0.05) is 98.5 Å². The minimum atomic E-state index is -3.38. The fourth-order valence-corrected chi connectivity index (χ4v) is 10.5. The van der Waals surface area contributed by atoms with Crippen LogP contribution in [0.4, 0.5) is 0 Å². The second-order valence-electron chi connectivity index (χ2n) is 13.5. The topological polar surface area (TPSA) is 75.5 Å². The third-order valence-electron chi connectivity index (χ3n) is 7.88. The van der Waals surface area contributed by atoms with Gasteiger partial charge in [-0.25, -0.2) is 8.42 Å². The zero-order chi connectivity index (χ0) is 29.6. The van der Waals surface area contributed by atoms with Crippen LogP contribution in [0.1, 0.15) is 43.9 Å². The van der Waals surface area contributed by atoms with E-state index in [2.05, 4.69) is 61.4 Å². The van der Waals surface area contributed by atoms with Crippen molar-refractivity contribution in [2.45, 2.75) is 76.1 Å². The third kappa shape index (κ3) is 6.21. The van der Waals surface area contributed by atoms with Gasteiger partial charge in [-0.2, -0.15) is 4.31 Å². The van der Waals surface area contributed by atoms with Gasteiger partial charge in [0.15, 0.2) is 0 Å². The molecule has 1 heterocycles. The highest BCUT2D eigenvalue weighted by Gasteiger charge is 2.51. The van der Waals surface area contributed by atoms with E-state index in [0.717, 1.165) is 33.9 Å². The Hall–Kier alpha value is -2.78. The van der Waals surface area contributed by atoms with Gasteiger partial charge in [0.1, 0.15) is 11.6 Å². The molecule has 1 aliphatic carbocycles. The van der Waals surface area contributed by atoms with Gasteiger partial charge in [0, 0.05) is 20.7 Å². The standard InChI is InChI=1S/C33H42N2O4SSi/c1-32(2,3)39-31(36)30(22-25-23-35(25)40(37,38)20-21-41(4,5)6)34-33(24-14-8-7-9-15-24)28-18-12-10-16-26(28)27-17-11-13-19-29(27)33/h7-19,25,30,34H,20-23H2,1-6H3/t25-,30-,35?/m0/s1. The van der Waals surface area contributed by atoms with Crippen molar-refractivity contribution in [1.82, 2.24) is 9.62 Å². The van der Waals surface area contributed by atoms with Crippen molar-refractivity contribution in [3.63, 3.8) is 0 Å². The maximum atomic E-state index is 13.9. The van der Waals surface area contributed by atoms with Crippen LogP contribution in [-0.4, -0.2) is 56.7 Å². The number of rotatable bonds is 10. The molecule has 2 aliphatic rings. The van der Waals surface area contributed by atoms with Crippen LogP contribution in [0.15, 0.2) is 78.9 Å². The van der Waals surface area contributed by atoms with Crippen molar-refractivity contribution in [3.8, 4) is 11.1 Å². The van der Waals surface area contributed by atoms with Crippen molar-refractivity contribution < 1.29 is 17.9 Å². The number of hydrogen-bond donors (Lipinski definition) is 1. The number of nitrogens with one attached hydrogen (secondary N) is 1. The zero-order valence-corrected chi connectivity index (χ0v) is 26.8. The normalized spacial score (nSPS) is 20.1. The van der Waals surface area contributed by atoms with E-state index in [0.29, 0.717) is 13.0 Å². The number of sulfonamides is 1. The molecule has 0 spiro atoms. The molecule has 3 atom stereocenters. The maximum Gasteiger partial charge on any atom is 0.323 e. The van der Waals surface area contributed by atoms with Gasteiger partial charge in [-0.05, 0) is 61.1 Å². The summed E-state index contributed by atoms with van der Waals surface area (Å²) >= 11 is 0. The molecule has 1 aliphatic heterocycles. The van der Waals surface area contributed by atoms with Crippen molar-refractivity contribution >= 4 is 24.1 Å². The van der Waals surface area contributed by atoms with Crippen LogP contribution >= 0.6 is 0 Å². The van der Waals surface area contributed by atoms with E-state index < -0.39 is 35.3 Å². The van der Waals surface area contributed by atoms with Gasteiger partial charge < -0.3 is 4.74 Å². The van der Waals surface area contributed by atoms with E-state index in [1.807, 2.05) is 63.2 Å². The molecule has 8 heteroatoms. The molecule has 3 aromatic carbocycles. The highest BCUT2D eigenvalue weighted by Crippen LogP contribution is 2.51. The van der Waals surface area contributed by atoms with Crippen LogP contribution in [0.3, 0.4) is 0 Å². The second kappa shape index (κ2) is 10.8. The molecule has 1 saturated heterocycles. The maximum absolute atomic E-state index is 13.9. The van der Waals surface area contributed by atoms with Crippen LogP contribution in [0.2, 0.25) is 25.7 Å². The number of carbonyl (C=O) groups is 1. The Bertz CT molecular complexity index is 1480. The Morgan fingerprint density at radius 2 is 1.49 bits per heavy atom. The molecule has 0 amide bonds. The van der Waals surface area contributed by atoms with Gasteiger partial charge in [0.05, 0.1) is 11.3 Å². The summed E-state index contributed by atoms with van der Waals surface area (Å²) in [6.07, 6.45) is 0.333. The highest BCUT2D eigenvalue weighted by molar-refractivity contribution is 7.89. The molecule has 0 radical (unpaired) electrons. The number of esters is 1. The lowest BCUT2D eigenvalue weighted by Gasteiger charge is -2.38. The summed E-state index contributed by atoms with van der Waals surface area (Å²) < 4.78 is 33.9. The van der Waals surface area contributed by atoms with Crippen LogP contribution in [-0.2, 0) is 25.1 Å². The first-order valence-electron chi connectivity index (χ1n) is 14.5. The van der Waals surface area contributed by atoms with Crippen molar-refractivity contribution in [3.05, 3.63) is 95.6 Å². The molecule has 0 aromatic heterocycles. The average molecular weight is 591 g/mol. The fourth-order valence-electron chi connectivity index (χ4n) is 5.84. The lowest BCUT2D eigenvalue weighted by molar-refractivity contribution is -0.158. The molecule has 218 valence electrons. The van der Waals surface area contributed by atoms with Gasteiger partial charge in [0.25, 0.3) is 0 Å². The Morgan fingerprint density at radius 3 is 2.02 bits per heavy atom.